The predicted octanol–water partition coefficient (Wildman–Crippen LogP) is 2.86. The van der Waals surface area contributed by atoms with Gasteiger partial charge in [-0.25, -0.2) is 0 Å². The number of carbonyl (C=O) groups is 1. The van der Waals surface area contributed by atoms with Gasteiger partial charge in [0.15, 0.2) is 0 Å². The highest BCUT2D eigenvalue weighted by atomic mass is 35.5. The zero-order chi connectivity index (χ0) is 20.9. The minimum absolute atomic E-state index is 0.0871. The van der Waals surface area contributed by atoms with Crippen molar-refractivity contribution in [2.75, 3.05) is 19.8 Å². The molecule has 1 saturated heterocycles. The molecule has 1 fully saturated rings. The van der Waals surface area contributed by atoms with Gasteiger partial charge in [0.1, 0.15) is 6.61 Å². The van der Waals surface area contributed by atoms with E-state index in [9.17, 15) is 18.0 Å². The van der Waals surface area contributed by atoms with Crippen molar-refractivity contribution in [1.82, 2.24) is 20.8 Å². The predicted molar refractivity (Wildman–Crippen MR) is 94.5 cm³/mol. The number of nitrogens with one attached hydrogen (secondary N) is 2. The van der Waals surface area contributed by atoms with Gasteiger partial charge in [-0.05, 0) is 31.0 Å². The van der Waals surface area contributed by atoms with Gasteiger partial charge in [-0.1, -0.05) is 22.8 Å². The smallest absolute Gasteiger partial charge is 0.447 e. The minimum atomic E-state index is -4.71. The van der Waals surface area contributed by atoms with Crippen LogP contribution in [0, 0.1) is 0 Å². The molecule has 12 heteroatoms. The van der Waals surface area contributed by atoms with Gasteiger partial charge in [0, 0.05) is 23.2 Å². The summed E-state index contributed by atoms with van der Waals surface area (Å²) in [5.74, 6) is 0.0451. The van der Waals surface area contributed by atoms with Gasteiger partial charge in [-0.15, -0.1) is 18.3 Å². The van der Waals surface area contributed by atoms with E-state index in [1.165, 1.54) is 0 Å². The lowest BCUT2D eigenvalue weighted by atomic mass is 10.0. The molecule has 0 radical (unpaired) electrons. The van der Waals surface area contributed by atoms with E-state index in [0.717, 1.165) is 0 Å². The summed E-state index contributed by atoms with van der Waals surface area (Å²) < 4.78 is 49.5. The zero-order valence-corrected chi connectivity index (χ0v) is 15.8. The second-order valence-electron chi connectivity index (χ2n) is 6.27. The van der Waals surface area contributed by atoms with E-state index in [1.54, 1.807) is 24.3 Å². The van der Waals surface area contributed by atoms with E-state index in [2.05, 4.69) is 25.6 Å². The van der Waals surface area contributed by atoms with E-state index in [0.29, 0.717) is 30.0 Å². The van der Waals surface area contributed by atoms with Crippen LogP contribution in [0.3, 0.4) is 0 Å². The van der Waals surface area contributed by atoms with Crippen LogP contribution < -0.4 is 15.4 Å². The second-order valence-corrected chi connectivity index (χ2v) is 6.70. The molecule has 1 aromatic heterocycles. The van der Waals surface area contributed by atoms with Crippen molar-refractivity contribution in [2.24, 2.45) is 0 Å². The number of piperidine rings is 1. The highest BCUT2D eigenvalue weighted by Crippen LogP contribution is 2.24. The van der Waals surface area contributed by atoms with Crippen molar-refractivity contribution < 1.29 is 31.9 Å². The third-order valence-corrected chi connectivity index (χ3v) is 4.37. The lowest BCUT2D eigenvalue weighted by Gasteiger charge is -2.28. The molecule has 0 aliphatic carbocycles. The lowest BCUT2D eigenvalue weighted by Crippen LogP contribution is -2.46. The minimum Gasteiger partial charge on any atom is -0.447 e. The summed E-state index contributed by atoms with van der Waals surface area (Å²) in [5, 5.41) is 14.1. The molecule has 2 N–H and O–H groups in total. The molecule has 0 unspecified atom stereocenters. The maximum Gasteiger partial charge on any atom is 0.522 e. The number of hydrogen-bond acceptors (Lipinski definition) is 7. The molecule has 158 valence electrons. The van der Waals surface area contributed by atoms with Gasteiger partial charge >= 0.3 is 12.4 Å². The molecule has 3 rings (SSSR count). The van der Waals surface area contributed by atoms with E-state index in [-0.39, 0.29) is 36.6 Å². The Labute approximate surface area is 168 Å². The molecule has 2 atom stereocenters. The largest absolute Gasteiger partial charge is 0.522 e. The van der Waals surface area contributed by atoms with Gasteiger partial charge < -0.3 is 19.8 Å². The first-order valence-corrected chi connectivity index (χ1v) is 9.14. The molecule has 8 nitrogen and oxygen atoms in total. The number of alkyl halides is 3. The highest BCUT2D eigenvalue weighted by molar-refractivity contribution is 6.30. The molecule has 1 aliphatic heterocycles. The maximum absolute atomic E-state index is 12.3. The highest BCUT2D eigenvalue weighted by Gasteiger charge is 2.29. The standard InChI is InChI=1S/C17H18ClF3N4O4/c18-11-3-1-2-10(8-11)14(26)23-12-4-5-13(22-9-12)15-24-25-16(29-15)27-6-7-28-17(19,20)21/h1-3,8,12-13,22H,4-7,9H2,(H,23,26)/t12-,13+/m0/s1. The van der Waals surface area contributed by atoms with Crippen LogP contribution in [0.4, 0.5) is 13.2 Å². The summed E-state index contributed by atoms with van der Waals surface area (Å²) >= 11 is 5.90. The summed E-state index contributed by atoms with van der Waals surface area (Å²) in [6.45, 7) is -0.581. The Balaban J connectivity index is 1.42. The van der Waals surface area contributed by atoms with Crippen molar-refractivity contribution in [1.29, 1.82) is 0 Å². The van der Waals surface area contributed by atoms with E-state index >= 15 is 0 Å². The van der Waals surface area contributed by atoms with E-state index in [4.69, 9.17) is 20.8 Å². The normalized spacial score (nSPS) is 19.7. The average molecular weight is 435 g/mol. The number of amides is 1. The Morgan fingerprint density at radius 2 is 2.14 bits per heavy atom. The van der Waals surface area contributed by atoms with Crippen molar-refractivity contribution >= 4 is 17.5 Å². The van der Waals surface area contributed by atoms with Crippen molar-refractivity contribution in [2.45, 2.75) is 31.3 Å². The van der Waals surface area contributed by atoms with Gasteiger partial charge in [0.25, 0.3) is 5.91 Å². The molecule has 29 heavy (non-hydrogen) atoms. The van der Waals surface area contributed by atoms with Gasteiger partial charge in [0.2, 0.25) is 5.89 Å². The van der Waals surface area contributed by atoms with Crippen LogP contribution >= 0.6 is 11.6 Å². The molecular formula is C17H18ClF3N4O4. The molecule has 1 aromatic carbocycles. The molecule has 1 amide bonds. The van der Waals surface area contributed by atoms with Gasteiger partial charge in [-0.3, -0.25) is 9.53 Å². The zero-order valence-electron chi connectivity index (χ0n) is 15.0. The molecule has 1 aliphatic rings. The van der Waals surface area contributed by atoms with Crippen LogP contribution in [-0.4, -0.2) is 48.3 Å². The number of carbonyl (C=O) groups excluding carboxylic acids is 1. The molecule has 2 heterocycles. The number of benzene rings is 1. The van der Waals surface area contributed by atoms with Crippen LogP contribution in [0.25, 0.3) is 0 Å². The third kappa shape index (κ3) is 6.58. The van der Waals surface area contributed by atoms with Crippen LogP contribution in [-0.2, 0) is 4.74 Å². The fourth-order valence-electron chi connectivity index (χ4n) is 2.79. The molecule has 2 aromatic rings. The summed E-state index contributed by atoms with van der Waals surface area (Å²) in [5.41, 5.74) is 0.479. The van der Waals surface area contributed by atoms with E-state index in [1.807, 2.05) is 0 Å². The monoisotopic (exact) mass is 434 g/mol. The number of hydrogen-bond donors (Lipinski definition) is 2. The van der Waals surface area contributed by atoms with Crippen molar-refractivity contribution in [3.8, 4) is 6.08 Å². The van der Waals surface area contributed by atoms with E-state index < -0.39 is 13.0 Å². The fourth-order valence-corrected chi connectivity index (χ4v) is 2.99. The number of aromatic nitrogens is 2. The Bertz CT molecular complexity index is 825. The lowest BCUT2D eigenvalue weighted by molar-refractivity contribution is -0.325. The SMILES string of the molecule is O=C(N[C@H]1CC[C@H](c2nnc(OCCOC(F)(F)F)o2)NC1)c1cccc(Cl)c1. The Morgan fingerprint density at radius 3 is 2.83 bits per heavy atom. The quantitative estimate of drug-likeness (QED) is 0.646. The maximum atomic E-state index is 12.3. The van der Waals surface area contributed by atoms with Gasteiger partial charge in [0.05, 0.1) is 12.6 Å². The van der Waals surface area contributed by atoms with Gasteiger partial charge in [-0.2, -0.15) is 0 Å². The second kappa shape index (κ2) is 9.42. The van der Waals surface area contributed by atoms with Crippen LogP contribution in [0.2, 0.25) is 5.02 Å². The van der Waals surface area contributed by atoms with Crippen LogP contribution in [0.1, 0.15) is 35.1 Å². The summed E-state index contributed by atoms with van der Waals surface area (Å²) in [6, 6.07) is 6.34. The molecule has 0 saturated carbocycles. The third-order valence-electron chi connectivity index (χ3n) is 4.13. The Kier molecular flexibility index (Phi) is 6.93. The topological polar surface area (TPSA) is 98.5 Å². The molecule has 0 bridgehead atoms. The van der Waals surface area contributed by atoms with Crippen molar-refractivity contribution in [3.05, 3.63) is 40.7 Å². The molecular weight excluding hydrogens is 417 g/mol. The van der Waals surface area contributed by atoms with Crippen LogP contribution in [0.15, 0.2) is 28.7 Å². The van der Waals surface area contributed by atoms with Crippen molar-refractivity contribution in [3.63, 3.8) is 0 Å². The summed E-state index contributed by atoms with van der Waals surface area (Å²) in [7, 11) is 0. The number of nitrogens with zero attached hydrogens (tertiary/aromatic N) is 2. The number of halogens is 4. The first-order chi connectivity index (χ1) is 13.8. The summed E-state index contributed by atoms with van der Waals surface area (Å²) in [4.78, 5) is 12.3. The fraction of sp³-hybridized carbons (Fsp3) is 0.471. The number of ether oxygens (including phenoxy) is 2. The first kappa shape index (κ1) is 21.3. The van der Waals surface area contributed by atoms with Crippen LogP contribution in [0.5, 0.6) is 6.08 Å². The molecule has 0 spiro atoms. The first-order valence-electron chi connectivity index (χ1n) is 8.77. The average Bonchev–Trinajstić information content (AvgIpc) is 3.14. The summed E-state index contributed by atoms with van der Waals surface area (Å²) in [6.07, 6.45) is -3.67. The Morgan fingerprint density at radius 1 is 1.31 bits per heavy atom. The number of rotatable bonds is 7. The Hall–Kier alpha value is -2.37.